The summed E-state index contributed by atoms with van der Waals surface area (Å²) in [6, 6.07) is 27.4. The van der Waals surface area contributed by atoms with Gasteiger partial charge in [0.2, 0.25) is 0 Å². The van der Waals surface area contributed by atoms with E-state index in [4.69, 9.17) is 0 Å². The number of aldehydes is 1. The lowest BCUT2D eigenvalue weighted by Gasteiger charge is -2.15. The van der Waals surface area contributed by atoms with Gasteiger partial charge in [0.05, 0.1) is 6.04 Å². The third-order valence-corrected chi connectivity index (χ3v) is 5.53. The second-order valence-corrected chi connectivity index (χ2v) is 7.95. The Morgan fingerprint density at radius 3 is 2.30 bits per heavy atom. The first-order chi connectivity index (χ1) is 16.0. The molecule has 0 spiro atoms. The van der Waals surface area contributed by atoms with Crippen LogP contribution in [0.2, 0.25) is 0 Å². The van der Waals surface area contributed by atoms with Crippen LogP contribution in [0.15, 0.2) is 91.0 Å². The van der Waals surface area contributed by atoms with Crippen LogP contribution in [-0.2, 0) is 11.2 Å². The second-order valence-electron chi connectivity index (χ2n) is 7.95. The number of hydrogen-bond acceptors (Lipinski definition) is 3. The highest BCUT2D eigenvalue weighted by Crippen LogP contribution is 2.19. The van der Waals surface area contributed by atoms with Crippen molar-refractivity contribution < 1.29 is 14.4 Å². The molecule has 4 rings (SSSR count). The Morgan fingerprint density at radius 2 is 1.55 bits per heavy atom. The number of aryl methyl sites for hydroxylation is 1. The highest BCUT2D eigenvalue weighted by molar-refractivity contribution is 6.07. The molecular formula is C28H24N2O3. The van der Waals surface area contributed by atoms with Crippen molar-refractivity contribution in [3.8, 4) is 0 Å². The summed E-state index contributed by atoms with van der Waals surface area (Å²) < 4.78 is 0. The number of benzene rings is 4. The minimum absolute atomic E-state index is 0.259. The van der Waals surface area contributed by atoms with Crippen LogP contribution in [0.5, 0.6) is 0 Å². The molecule has 0 aliphatic heterocycles. The van der Waals surface area contributed by atoms with Crippen LogP contribution in [0.4, 0.5) is 5.69 Å². The molecule has 0 radical (unpaired) electrons. The first kappa shape index (κ1) is 22.0. The van der Waals surface area contributed by atoms with Crippen molar-refractivity contribution in [2.45, 2.75) is 19.4 Å². The molecule has 0 bridgehead atoms. The van der Waals surface area contributed by atoms with E-state index in [1.54, 1.807) is 24.3 Å². The van der Waals surface area contributed by atoms with Gasteiger partial charge in [0.1, 0.15) is 6.29 Å². The number of carbonyl (C=O) groups excluding carboxylic acids is 3. The van der Waals surface area contributed by atoms with Crippen molar-refractivity contribution in [3.05, 3.63) is 113 Å². The van der Waals surface area contributed by atoms with Gasteiger partial charge in [0.25, 0.3) is 11.8 Å². The van der Waals surface area contributed by atoms with Crippen molar-refractivity contribution in [3.63, 3.8) is 0 Å². The molecule has 0 fully saturated rings. The van der Waals surface area contributed by atoms with Gasteiger partial charge in [-0.05, 0) is 59.5 Å². The Balaban J connectivity index is 1.48. The lowest BCUT2D eigenvalue weighted by molar-refractivity contribution is -0.109. The van der Waals surface area contributed by atoms with Gasteiger partial charge in [-0.3, -0.25) is 9.59 Å². The van der Waals surface area contributed by atoms with E-state index in [1.165, 1.54) is 0 Å². The standard InChI is InChI=1S/C28H24N2O3/c1-19-11-14-24(29-27(32)23-13-12-21-9-5-6-10-22(21)16-23)17-26(19)28(33)30-25(18-31)15-20-7-3-2-4-8-20/h2-14,16-18,25H,15H2,1H3,(H,29,32)(H,30,33). The fourth-order valence-electron chi connectivity index (χ4n) is 3.73. The number of anilines is 1. The Hall–Kier alpha value is -4.25. The fourth-order valence-corrected chi connectivity index (χ4v) is 3.73. The van der Waals surface area contributed by atoms with E-state index in [2.05, 4.69) is 10.6 Å². The summed E-state index contributed by atoms with van der Waals surface area (Å²) in [4.78, 5) is 37.2. The van der Waals surface area contributed by atoms with Gasteiger partial charge in [-0.1, -0.05) is 66.7 Å². The van der Waals surface area contributed by atoms with E-state index in [0.29, 0.717) is 23.2 Å². The molecule has 4 aromatic rings. The normalized spacial score (nSPS) is 11.5. The largest absolute Gasteiger partial charge is 0.342 e. The molecule has 0 saturated carbocycles. The predicted octanol–water partition coefficient (Wildman–Crippen LogP) is 4.94. The molecule has 1 atom stereocenters. The lowest BCUT2D eigenvalue weighted by Crippen LogP contribution is -2.38. The van der Waals surface area contributed by atoms with E-state index in [1.807, 2.05) is 73.7 Å². The van der Waals surface area contributed by atoms with Gasteiger partial charge < -0.3 is 15.4 Å². The van der Waals surface area contributed by atoms with Gasteiger partial charge >= 0.3 is 0 Å². The van der Waals surface area contributed by atoms with Gasteiger partial charge in [0, 0.05) is 16.8 Å². The zero-order valence-electron chi connectivity index (χ0n) is 18.2. The van der Waals surface area contributed by atoms with Crippen molar-refractivity contribution in [2.75, 3.05) is 5.32 Å². The summed E-state index contributed by atoms with van der Waals surface area (Å²) in [7, 11) is 0. The number of nitrogens with one attached hydrogen (secondary N) is 2. The summed E-state index contributed by atoms with van der Waals surface area (Å²) in [6.45, 7) is 1.82. The van der Waals surface area contributed by atoms with Crippen molar-refractivity contribution >= 4 is 34.6 Å². The van der Waals surface area contributed by atoms with Gasteiger partial charge in [0.15, 0.2) is 0 Å². The van der Waals surface area contributed by atoms with Crippen LogP contribution >= 0.6 is 0 Å². The molecule has 0 aromatic heterocycles. The van der Waals surface area contributed by atoms with Crippen LogP contribution in [-0.4, -0.2) is 24.1 Å². The average Bonchev–Trinajstić information content (AvgIpc) is 2.85. The Kier molecular flexibility index (Phi) is 6.60. The zero-order chi connectivity index (χ0) is 23.2. The third kappa shape index (κ3) is 5.33. The summed E-state index contributed by atoms with van der Waals surface area (Å²) >= 11 is 0. The Labute approximate surface area is 192 Å². The monoisotopic (exact) mass is 436 g/mol. The van der Waals surface area contributed by atoms with Gasteiger partial charge in [-0.25, -0.2) is 0 Å². The SMILES string of the molecule is Cc1ccc(NC(=O)c2ccc3ccccc3c2)cc1C(=O)NC(C=O)Cc1ccccc1. The molecule has 0 aliphatic rings. The minimum atomic E-state index is -0.643. The molecule has 4 aromatic carbocycles. The summed E-state index contributed by atoms with van der Waals surface area (Å²) in [5, 5.41) is 7.69. The lowest BCUT2D eigenvalue weighted by atomic mass is 10.0. The Bertz CT molecular complexity index is 1320. The minimum Gasteiger partial charge on any atom is -0.342 e. The smallest absolute Gasteiger partial charge is 0.255 e. The van der Waals surface area contributed by atoms with Crippen LogP contribution in [0.1, 0.15) is 31.8 Å². The van der Waals surface area contributed by atoms with E-state index < -0.39 is 6.04 Å². The molecule has 33 heavy (non-hydrogen) atoms. The average molecular weight is 437 g/mol. The number of hydrogen-bond donors (Lipinski definition) is 2. The van der Waals surface area contributed by atoms with Crippen molar-refractivity contribution in [1.82, 2.24) is 5.32 Å². The zero-order valence-corrected chi connectivity index (χ0v) is 18.2. The maximum Gasteiger partial charge on any atom is 0.255 e. The maximum absolute atomic E-state index is 12.9. The van der Waals surface area contributed by atoms with Crippen molar-refractivity contribution in [2.24, 2.45) is 0 Å². The van der Waals surface area contributed by atoms with E-state index >= 15 is 0 Å². The molecule has 2 amide bonds. The quantitative estimate of drug-likeness (QED) is 0.403. The molecule has 5 heteroatoms. The van der Waals surface area contributed by atoms with Crippen molar-refractivity contribution in [1.29, 1.82) is 0 Å². The van der Waals surface area contributed by atoms with Crippen LogP contribution in [0.3, 0.4) is 0 Å². The van der Waals surface area contributed by atoms with E-state index in [0.717, 1.165) is 28.2 Å². The molecule has 0 aliphatic carbocycles. The van der Waals surface area contributed by atoms with Crippen LogP contribution in [0.25, 0.3) is 10.8 Å². The fraction of sp³-hybridized carbons (Fsp3) is 0.107. The summed E-state index contributed by atoms with van der Waals surface area (Å²) in [5.74, 6) is -0.617. The van der Waals surface area contributed by atoms with Crippen LogP contribution in [0, 0.1) is 6.92 Å². The second kappa shape index (κ2) is 9.92. The molecule has 1 unspecified atom stereocenters. The van der Waals surface area contributed by atoms with Gasteiger partial charge in [-0.15, -0.1) is 0 Å². The van der Waals surface area contributed by atoms with Gasteiger partial charge in [-0.2, -0.15) is 0 Å². The molecule has 0 heterocycles. The highest BCUT2D eigenvalue weighted by atomic mass is 16.2. The summed E-state index contributed by atoms with van der Waals surface area (Å²) in [6.07, 6.45) is 1.15. The number of amides is 2. The Morgan fingerprint density at radius 1 is 0.818 bits per heavy atom. The predicted molar refractivity (Wildman–Crippen MR) is 131 cm³/mol. The molecular weight excluding hydrogens is 412 g/mol. The molecule has 164 valence electrons. The highest BCUT2D eigenvalue weighted by Gasteiger charge is 2.17. The van der Waals surface area contributed by atoms with E-state index in [-0.39, 0.29) is 11.8 Å². The first-order valence-corrected chi connectivity index (χ1v) is 10.7. The topological polar surface area (TPSA) is 75.3 Å². The number of carbonyl (C=O) groups is 3. The molecule has 5 nitrogen and oxygen atoms in total. The van der Waals surface area contributed by atoms with Crippen LogP contribution < -0.4 is 10.6 Å². The third-order valence-electron chi connectivity index (χ3n) is 5.53. The first-order valence-electron chi connectivity index (χ1n) is 10.7. The van der Waals surface area contributed by atoms with E-state index in [9.17, 15) is 14.4 Å². The molecule has 2 N–H and O–H groups in total. The number of fused-ring (bicyclic) bond motifs is 1. The summed E-state index contributed by atoms with van der Waals surface area (Å²) in [5.41, 5.74) is 3.16. The molecule has 0 saturated heterocycles. The number of rotatable bonds is 7. The maximum atomic E-state index is 12.9.